The van der Waals surface area contributed by atoms with Crippen molar-refractivity contribution in [2.45, 2.75) is 37.1 Å². The second-order valence-corrected chi connectivity index (χ2v) is 16.5. The zero-order chi connectivity index (χ0) is 50.5. The third kappa shape index (κ3) is 12.9. The molecule has 25 nitrogen and oxygen atoms in total. The van der Waals surface area contributed by atoms with Gasteiger partial charge in [-0.05, 0) is 85.0 Å². The fourth-order valence-corrected chi connectivity index (χ4v) is 7.03. The minimum absolute atomic E-state index is 0.00300. The van der Waals surface area contributed by atoms with Crippen molar-refractivity contribution in [3.63, 3.8) is 0 Å². The number of aromatic hydroxyl groups is 1. The van der Waals surface area contributed by atoms with E-state index < -0.39 is 77.5 Å². The average molecular weight is 989 g/mol. The summed E-state index contributed by atoms with van der Waals surface area (Å²) in [4.78, 5) is 24.3. The number of rotatable bonds is 16. The summed E-state index contributed by atoms with van der Waals surface area (Å²) in [5, 5.41) is 69.9. The predicted molar refractivity (Wildman–Crippen MR) is 235 cm³/mol. The largest absolute Gasteiger partial charge is 0.505 e. The molecule has 0 saturated heterocycles. The number of carbonyl (C=O) groups excluding carboxylic acids is 1. The average Bonchev–Trinajstić information content (AvgIpc) is 3.62. The Morgan fingerprint density at radius 2 is 1.25 bits per heavy atom. The van der Waals surface area contributed by atoms with Crippen LogP contribution in [0.4, 0.5) is 34.1 Å². The molecule has 1 aliphatic rings. The van der Waals surface area contributed by atoms with Crippen molar-refractivity contribution in [3.8, 4) is 17.2 Å². The van der Waals surface area contributed by atoms with Crippen LogP contribution in [0, 0.1) is 13.8 Å². The van der Waals surface area contributed by atoms with Crippen molar-refractivity contribution >= 4 is 93.3 Å². The van der Waals surface area contributed by atoms with Crippen LogP contribution in [0.1, 0.15) is 19.9 Å². The Morgan fingerprint density at radius 1 is 0.746 bits per heavy atom. The molecule has 67 heavy (non-hydrogen) atoms. The molecule has 28 heteroatoms. The fraction of sp³-hybridized carbons (Fsp3) is 0.205. The van der Waals surface area contributed by atoms with Gasteiger partial charge in [0.1, 0.15) is 52.4 Å². The molecule has 0 aromatic heterocycles. The number of aliphatic hydroxyl groups is 2. The van der Waals surface area contributed by atoms with E-state index in [9.17, 15) is 56.0 Å². The number of phenolic OH excluding ortho intramolecular Hbond substituents is 1. The minimum atomic E-state index is -4.67. The number of hydrogen-bond acceptors (Lipinski definition) is 21. The smallest absolute Gasteiger partial charge is 0.425 e. The van der Waals surface area contributed by atoms with E-state index in [2.05, 4.69) is 35.8 Å². The number of aliphatic carboxylic acids is 1. The number of carboxylic acid groups (broad SMARTS) is 1. The molecule has 6 rings (SSSR count). The molecule has 0 fully saturated rings. The third-order valence-electron chi connectivity index (χ3n) is 8.84. The normalized spacial score (nSPS) is 14.1. The number of amides is 1. The van der Waals surface area contributed by atoms with E-state index in [1.165, 1.54) is 49.9 Å². The molecule has 1 amide bonds. The Balaban J connectivity index is 0.00000159. The van der Waals surface area contributed by atoms with Gasteiger partial charge in [0, 0.05) is 18.9 Å². The highest BCUT2D eigenvalue weighted by Crippen LogP contribution is 2.44. The predicted octanol–water partition coefficient (Wildman–Crippen LogP) is 5.80. The molecule has 1 heterocycles. The Bertz CT molecular complexity index is 3190. The number of carbonyl (C=O) groups is 2. The lowest BCUT2D eigenvalue weighted by molar-refractivity contribution is -0.130. The van der Waals surface area contributed by atoms with Gasteiger partial charge in [0.25, 0.3) is 26.1 Å². The lowest BCUT2D eigenvalue weighted by atomic mass is 10.0. The van der Waals surface area contributed by atoms with Crippen LogP contribution in [0.25, 0.3) is 10.8 Å². The van der Waals surface area contributed by atoms with Gasteiger partial charge in [-0.25, -0.2) is 4.79 Å². The number of aryl methyl sites for hydroxylation is 2. The van der Waals surface area contributed by atoms with Crippen LogP contribution < -0.4 is 14.5 Å². The molecule has 0 aliphatic carbocycles. The topological polar surface area (TPSA) is 383 Å². The Kier molecular flexibility index (Phi) is 16.7. The molecule has 6 N–H and O–H groups in total. The quantitative estimate of drug-likeness (QED) is 0.0502. The monoisotopic (exact) mass is 988 g/mol. The summed E-state index contributed by atoms with van der Waals surface area (Å²) in [6, 6.07) is 15.4. The second kappa shape index (κ2) is 22.1. The molecule has 1 atom stereocenters. The first kappa shape index (κ1) is 50.5. The fourth-order valence-electron chi connectivity index (χ4n) is 5.84. The SMILES string of the molecule is Cc1ccc(N=Nc2cc(OCCO)c(N=Nc3ccc4c(C)c(N=NC5C(=O)N(c6ccc(S(=O)(=O)O)cc6)N=C5C(=O)O)ccc4c3O)cc2OCCO)c(S(=O)(=O)O)c1.O=S(=O)=O.[3H]C. The number of aliphatic hydroxyl groups excluding tert-OH is 2. The van der Waals surface area contributed by atoms with Gasteiger partial charge in [-0.2, -0.15) is 37.2 Å². The van der Waals surface area contributed by atoms with E-state index in [0.29, 0.717) is 21.9 Å². The first-order chi connectivity index (χ1) is 32.1. The number of hydrogen-bond donors (Lipinski definition) is 6. The van der Waals surface area contributed by atoms with E-state index in [1.807, 2.05) is 0 Å². The Hall–Kier alpha value is -7.47. The first-order valence-electron chi connectivity index (χ1n) is 19.4. The van der Waals surface area contributed by atoms with Crippen molar-refractivity contribution in [3.05, 3.63) is 90.0 Å². The summed E-state index contributed by atoms with van der Waals surface area (Å²) >= 11 is 0. The summed E-state index contributed by atoms with van der Waals surface area (Å²) in [6.45, 7) is 2.06. The van der Waals surface area contributed by atoms with E-state index in [-0.39, 0.29) is 64.6 Å². The number of benzene rings is 5. The van der Waals surface area contributed by atoms with Crippen LogP contribution in [0.2, 0.25) is 0 Å². The number of nitrogens with zero attached hydrogens (tertiary/aromatic N) is 8. The highest BCUT2D eigenvalue weighted by atomic mass is 32.2. The van der Waals surface area contributed by atoms with Gasteiger partial charge in [0.2, 0.25) is 6.04 Å². The third-order valence-corrected chi connectivity index (χ3v) is 10.6. The molecule has 5 aromatic rings. The molecular formula is C39H38N8O17S3. The van der Waals surface area contributed by atoms with E-state index in [0.717, 1.165) is 29.3 Å². The van der Waals surface area contributed by atoms with Crippen molar-refractivity contribution in [1.29, 1.82) is 0 Å². The molecule has 0 bridgehead atoms. The summed E-state index contributed by atoms with van der Waals surface area (Å²) in [5.41, 5.74) is 0.355. The number of hydrazone groups is 1. The zero-order valence-corrected chi connectivity index (χ0v) is 37.3. The van der Waals surface area contributed by atoms with Gasteiger partial charge >= 0.3 is 16.6 Å². The van der Waals surface area contributed by atoms with Gasteiger partial charge in [0.15, 0.2) is 11.5 Å². The molecule has 5 aromatic carbocycles. The second-order valence-electron chi connectivity index (χ2n) is 13.2. The zero-order valence-electron chi connectivity index (χ0n) is 35.9. The summed E-state index contributed by atoms with van der Waals surface area (Å²) in [5.74, 6) is -2.76. The summed E-state index contributed by atoms with van der Waals surface area (Å²) in [7, 11) is -11.1. The molecule has 0 spiro atoms. The summed E-state index contributed by atoms with van der Waals surface area (Å²) in [6.07, 6.45) is 0. The maximum absolute atomic E-state index is 13.3. The van der Waals surface area contributed by atoms with Crippen LogP contribution >= 0.6 is 0 Å². The minimum Gasteiger partial charge on any atom is -0.505 e. The van der Waals surface area contributed by atoms with E-state index in [1.54, 1.807) is 26.0 Å². The van der Waals surface area contributed by atoms with Crippen molar-refractivity contribution < 1.29 is 79.4 Å². The molecule has 1 unspecified atom stereocenters. The standard InChI is InChI=1S/C38H34N8O14S2.CH4.O3S/c1-20-3-10-27(33(17-20)62(56,57)58)40-42-29-18-32(60-16-14-48)30(19-31(29)59-15-13-47)43-41-28-12-8-24-21(2)26(11-9-25(24)36(28)49)39-44-34-35(38(51)52)45-46(37(34)50)22-4-6-23(7-5-22)61(53,54)55;;1-4(2)3/h3-12,17-19,34,47-49H,13-16H2,1-2H3,(H,51,52)(H,53,54,55)(H,56,57,58);1H4;/i;1T;. The highest BCUT2D eigenvalue weighted by molar-refractivity contribution is 7.86. The van der Waals surface area contributed by atoms with Crippen molar-refractivity contribution in [2.24, 2.45) is 35.8 Å². The van der Waals surface area contributed by atoms with E-state index >= 15 is 0 Å². The number of carboxylic acids is 1. The molecule has 0 radical (unpaired) electrons. The van der Waals surface area contributed by atoms with Gasteiger partial charge in [-0.15, -0.1) is 33.1 Å². The number of ether oxygens (including phenoxy) is 2. The van der Waals surface area contributed by atoms with Crippen LogP contribution in [0.3, 0.4) is 0 Å². The van der Waals surface area contributed by atoms with Gasteiger partial charge < -0.3 is 29.9 Å². The van der Waals surface area contributed by atoms with Crippen molar-refractivity contribution in [2.75, 3.05) is 31.4 Å². The lowest BCUT2D eigenvalue weighted by Crippen LogP contribution is -2.33. The van der Waals surface area contributed by atoms with Crippen molar-refractivity contribution in [1.82, 2.24) is 0 Å². The van der Waals surface area contributed by atoms with Crippen LogP contribution in [0.15, 0.2) is 124 Å². The lowest BCUT2D eigenvalue weighted by Gasteiger charge is -2.13. The summed E-state index contributed by atoms with van der Waals surface area (Å²) < 4.78 is 108. The number of azo groups is 3. The molecule has 0 saturated carbocycles. The number of anilines is 1. The molecule has 1 aliphatic heterocycles. The number of fused-ring (bicyclic) bond motifs is 1. The maximum atomic E-state index is 13.3. The van der Waals surface area contributed by atoms with Gasteiger partial charge in [-0.1, -0.05) is 19.5 Å². The molecule has 354 valence electrons. The number of phenols is 1. The van der Waals surface area contributed by atoms with Gasteiger partial charge in [0.05, 0.1) is 29.5 Å². The van der Waals surface area contributed by atoms with Crippen LogP contribution in [-0.4, -0.2) is 109 Å². The van der Waals surface area contributed by atoms with Crippen LogP contribution in [-0.2, 0) is 40.4 Å². The maximum Gasteiger partial charge on any atom is 0.425 e. The van der Waals surface area contributed by atoms with E-state index in [4.69, 9.17) is 23.5 Å². The van der Waals surface area contributed by atoms with Crippen LogP contribution in [0.5, 0.6) is 17.2 Å². The molecular weight excluding hydrogens is 949 g/mol. The Morgan fingerprint density at radius 3 is 1.78 bits per heavy atom. The highest BCUT2D eigenvalue weighted by Gasteiger charge is 2.41. The first-order valence-corrected chi connectivity index (χ1v) is 22.3. The Labute approximate surface area is 383 Å². The van der Waals surface area contributed by atoms with Gasteiger partial charge in [-0.3, -0.25) is 13.9 Å².